The van der Waals surface area contributed by atoms with Crippen LogP contribution >= 0.6 is 0 Å². The first-order valence-electron chi connectivity index (χ1n) is 5.47. The summed E-state index contributed by atoms with van der Waals surface area (Å²) in [5.74, 6) is 0. The molecule has 7 nitrogen and oxygen atoms in total. The lowest BCUT2D eigenvalue weighted by Gasteiger charge is -2.25. The van der Waals surface area contributed by atoms with Gasteiger partial charge in [0.05, 0.1) is 18.7 Å². The molecule has 7 heteroatoms. The summed E-state index contributed by atoms with van der Waals surface area (Å²) in [5.41, 5.74) is 6.54. The molecular formula is C10H18N4O3. The smallest absolute Gasteiger partial charge is 0.410 e. The summed E-state index contributed by atoms with van der Waals surface area (Å²) in [7, 11) is 0. The Hall–Kier alpha value is -1.46. The zero-order valence-corrected chi connectivity index (χ0v) is 10.4. The van der Waals surface area contributed by atoms with Crippen LogP contribution in [0.25, 0.3) is 10.4 Å². The van der Waals surface area contributed by atoms with E-state index in [1.54, 1.807) is 20.8 Å². The van der Waals surface area contributed by atoms with Crippen LogP contribution in [0.2, 0.25) is 0 Å². The minimum absolute atomic E-state index is 0.0250. The van der Waals surface area contributed by atoms with E-state index in [4.69, 9.17) is 10.3 Å². The fraction of sp³-hybridized carbons (Fsp3) is 0.900. The van der Waals surface area contributed by atoms with Gasteiger partial charge in [-0.25, -0.2) is 4.79 Å². The fourth-order valence-electron chi connectivity index (χ4n) is 1.63. The Morgan fingerprint density at radius 2 is 2.29 bits per heavy atom. The van der Waals surface area contributed by atoms with Crippen LogP contribution in [0, 0.1) is 0 Å². The van der Waals surface area contributed by atoms with Crippen LogP contribution in [-0.2, 0) is 4.74 Å². The summed E-state index contributed by atoms with van der Waals surface area (Å²) in [6.07, 6.45) is -0.0556. The van der Waals surface area contributed by atoms with Crippen LogP contribution in [0.3, 0.4) is 0 Å². The second-order valence-electron chi connectivity index (χ2n) is 5.27. The molecule has 0 unspecified atom stereocenters. The van der Waals surface area contributed by atoms with E-state index in [0.717, 1.165) is 0 Å². The van der Waals surface area contributed by atoms with Crippen molar-refractivity contribution < 1.29 is 14.6 Å². The van der Waals surface area contributed by atoms with Crippen LogP contribution in [0.1, 0.15) is 27.2 Å². The largest absolute Gasteiger partial charge is 0.444 e. The molecule has 96 valence electrons. The molecule has 0 radical (unpaired) electrons. The third-order valence-electron chi connectivity index (χ3n) is 2.41. The van der Waals surface area contributed by atoms with Crippen molar-refractivity contribution in [2.45, 2.75) is 38.4 Å². The highest BCUT2D eigenvalue weighted by Crippen LogP contribution is 2.23. The molecule has 1 rings (SSSR count). The molecule has 1 aliphatic rings. The van der Waals surface area contributed by atoms with Crippen molar-refractivity contribution in [1.29, 1.82) is 0 Å². The molecule has 17 heavy (non-hydrogen) atoms. The quantitative estimate of drug-likeness (QED) is 0.453. The molecule has 0 aromatic carbocycles. The minimum Gasteiger partial charge on any atom is -0.444 e. The molecule has 1 atom stereocenters. The lowest BCUT2D eigenvalue weighted by atomic mass is 10.0. The Balaban J connectivity index is 2.55. The Bertz CT molecular complexity index is 346. The van der Waals surface area contributed by atoms with E-state index in [2.05, 4.69) is 10.0 Å². The van der Waals surface area contributed by atoms with Crippen molar-refractivity contribution in [3.05, 3.63) is 10.4 Å². The molecule has 1 aliphatic heterocycles. The number of hydrogen-bond acceptors (Lipinski definition) is 4. The van der Waals surface area contributed by atoms with Gasteiger partial charge in [0.15, 0.2) is 0 Å². The first-order chi connectivity index (χ1) is 7.76. The molecule has 1 fully saturated rings. The molecule has 1 amide bonds. The zero-order chi connectivity index (χ0) is 13.1. The van der Waals surface area contributed by atoms with Gasteiger partial charge in [-0.3, -0.25) is 0 Å². The van der Waals surface area contributed by atoms with Crippen molar-refractivity contribution >= 4 is 6.09 Å². The molecule has 0 aromatic rings. The molecule has 0 saturated carbocycles. The van der Waals surface area contributed by atoms with Gasteiger partial charge in [0.2, 0.25) is 0 Å². The number of carbonyl (C=O) groups excluding carboxylic acids is 1. The second kappa shape index (κ2) is 4.81. The van der Waals surface area contributed by atoms with Gasteiger partial charge in [-0.1, -0.05) is 5.11 Å². The number of likely N-dealkylation sites (tertiary alicyclic amines) is 1. The Morgan fingerprint density at radius 3 is 2.82 bits per heavy atom. The first-order valence-corrected chi connectivity index (χ1v) is 5.47. The number of amides is 1. The summed E-state index contributed by atoms with van der Waals surface area (Å²) in [5, 5.41) is 13.4. The average molecular weight is 242 g/mol. The Labute approximate surface area is 100.0 Å². The molecule has 1 heterocycles. The maximum absolute atomic E-state index is 11.7. The molecular weight excluding hydrogens is 224 g/mol. The van der Waals surface area contributed by atoms with Gasteiger partial charge < -0.3 is 14.7 Å². The van der Waals surface area contributed by atoms with Gasteiger partial charge in [-0.15, -0.1) is 0 Å². The van der Waals surface area contributed by atoms with Crippen molar-refractivity contribution in [3.63, 3.8) is 0 Å². The monoisotopic (exact) mass is 242 g/mol. The number of azide groups is 1. The van der Waals surface area contributed by atoms with Crippen molar-refractivity contribution in [2.75, 3.05) is 19.6 Å². The minimum atomic E-state index is -1.12. The Kier molecular flexibility index (Phi) is 3.85. The highest BCUT2D eigenvalue weighted by atomic mass is 16.6. The first kappa shape index (κ1) is 13.6. The maximum atomic E-state index is 11.7. The number of nitrogens with zero attached hydrogens (tertiary/aromatic N) is 4. The van der Waals surface area contributed by atoms with Gasteiger partial charge >= 0.3 is 6.09 Å². The molecule has 1 saturated heterocycles. The molecule has 0 aromatic heterocycles. The number of ether oxygens (including phenoxy) is 1. The highest BCUT2D eigenvalue weighted by Gasteiger charge is 2.39. The summed E-state index contributed by atoms with van der Waals surface area (Å²) >= 11 is 0. The van der Waals surface area contributed by atoms with E-state index in [1.165, 1.54) is 4.90 Å². The van der Waals surface area contributed by atoms with E-state index in [9.17, 15) is 9.90 Å². The van der Waals surface area contributed by atoms with Crippen molar-refractivity contribution in [1.82, 2.24) is 4.90 Å². The fourth-order valence-corrected chi connectivity index (χ4v) is 1.63. The lowest BCUT2D eigenvalue weighted by Crippen LogP contribution is -2.40. The lowest BCUT2D eigenvalue weighted by molar-refractivity contribution is 0.0175. The van der Waals surface area contributed by atoms with E-state index in [-0.39, 0.29) is 13.1 Å². The van der Waals surface area contributed by atoms with Crippen LogP contribution in [0.15, 0.2) is 5.11 Å². The summed E-state index contributed by atoms with van der Waals surface area (Å²) in [4.78, 5) is 15.7. The number of rotatable bonds is 2. The normalized spacial score (nSPS) is 24.4. The van der Waals surface area contributed by atoms with Crippen molar-refractivity contribution in [2.24, 2.45) is 5.11 Å². The number of aliphatic hydroxyl groups is 1. The topological polar surface area (TPSA) is 98.5 Å². The number of carbonyl (C=O) groups is 1. The van der Waals surface area contributed by atoms with Crippen LogP contribution in [0.5, 0.6) is 0 Å². The molecule has 0 spiro atoms. The summed E-state index contributed by atoms with van der Waals surface area (Å²) < 4.78 is 5.19. The maximum Gasteiger partial charge on any atom is 0.410 e. The van der Waals surface area contributed by atoms with E-state index >= 15 is 0 Å². The SMILES string of the molecule is CC(C)(C)OC(=O)N1CC[C@](O)(CN=[N+]=[N-])C1. The average Bonchev–Trinajstić information content (AvgIpc) is 2.56. The second-order valence-corrected chi connectivity index (χ2v) is 5.27. The predicted molar refractivity (Wildman–Crippen MR) is 61.4 cm³/mol. The standard InChI is InChI=1S/C10H18N4O3/c1-9(2,3)17-8(15)14-5-4-10(16,7-14)6-12-13-11/h16H,4-7H2,1-3H3/t10-/m0/s1. The number of hydrogen-bond donors (Lipinski definition) is 1. The number of β-amino-alcohol motifs (C(OH)–C–C–N with tert-alkyl or cyclic N) is 1. The highest BCUT2D eigenvalue weighted by molar-refractivity contribution is 5.68. The van der Waals surface area contributed by atoms with Crippen LogP contribution < -0.4 is 0 Å². The van der Waals surface area contributed by atoms with Gasteiger partial charge in [0, 0.05) is 11.5 Å². The van der Waals surface area contributed by atoms with E-state index in [0.29, 0.717) is 13.0 Å². The predicted octanol–water partition coefficient (Wildman–Crippen LogP) is 1.67. The molecule has 0 aliphatic carbocycles. The third kappa shape index (κ3) is 4.13. The molecule has 1 N–H and O–H groups in total. The van der Waals surface area contributed by atoms with Gasteiger partial charge in [-0.05, 0) is 32.7 Å². The van der Waals surface area contributed by atoms with E-state index < -0.39 is 17.3 Å². The molecule has 0 bridgehead atoms. The van der Waals surface area contributed by atoms with Gasteiger partial charge in [-0.2, -0.15) is 0 Å². The van der Waals surface area contributed by atoms with Crippen LogP contribution in [0.4, 0.5) is 4.79 Å². The van der Waals surface area contributed by atoms with Gasteiger partial charge in [0.25, 0.3) is 0 Å². The van der Waals surface area contributed by atoms with Gasteiger partial charge in [0.1, 0.15) is 5.60 Å². The van der Waals surface area contributed by atoms with Crippen molar-refractivity contribution in [3.8, 4) is 0 Å². The summed E-state index contributed by atoms with van der Waals surface area (Å²) in [6.45, 7) is 5.88. The Morgan fingerprint density at radius 1 is 1.65 bits per heavy atom. The zero-order valence-electron chi connectivity index (χ0n) is 10.4. The van der Waals surface area contributed by atoms with Crippen LogP contribution in [-0.4, -0.2) is 46.9 Å². The van der Waals surface area contributed by atoms with E-state index in [1.807, 2.05) is 0 Å². The summed E-state index contributed by atoms with van der Waals surface area (Å²) in [6, 6.07) is 0. The third-order valence-corrected chi connectivity index (χ3v) is 2.41.